The lowest BCUT2D eigenvalue weighted by atomic mass is 10.0. The van der Waals surface area contributed by atoms with Crippen LogP contribution in [0, 0.1) is 3.57 Å². The van der Waals surface area contributed by atoms with Crippen molar-refractivity contribution in [2.24, 2.45) is 4.99 Å². The van der Waals surface area contributed by atoms with Crippen LogP contribution in [0.5, 0.6) is 11.5 Å². The van der Waals surface area contributed by atoms with Gasteiger partial charge in [-0.3, -0.25) is 0 Å². The Morgan fingerprint density at radius 3 is 2.30 bits per heavy atom. The second kappa shape index (κ2) is 11.2. The average molecular weight is 622 g/mol. The molecule has 5 rings (SSSR count). The quantitative estimate of drug-likeness (QED) is 0.122. The van der Waals surface area contributed by atoms with E-state index in [2.05, 4.69) is 27.6 Å². The Labute approximate surface area is 233 Å². The highest BCUT2D eigenvalue weighted by molar-refractivity contribution is 14.1. The Morgan fingerprint density at radius 1 is 0.919 bits per heavy atom. The van der Waals surface area contributed by atoms with Gasteiger partial charge in [-0.25, -0.2) is 9.79 Å². The van der Waals surface area contributed by atoms with E-state index in [1.54, 1.807) is 13.2 Å². The van der Waals surface area contributed by atoms with Gasteiger partial charge < -0.3 is 14.2 Å². The number of hydrogen-bond acceptors (Lipinski definition) is 5. The van der Waals surface area contributed by atoms with Gasteiger partial charge >= 0.3 is 5.97 Å². The Balaban J connectivity index is 1.36. The molecule has 4 aromatic carbocycles. The van der Waals surface area contributed by atoms with Gasteiger partial charge in [0.05, 0.1) is 10.7 Å². The second-order valence-corrected chi connectivity index (χ2v) is 9.83. The van der Waals surface area contributed by atoms with Crippen molar-refractivity contribution >= 4 is 52.1 Å². The minimum atomic E-state index is -0.501. The first-order valence-corrected chi connectivity index (χ1v) is 12.9. The first kappa shape index (κ1) is 25.0. The summed E-state index contributed by atoms with van der Waals surface area (Å²) in [6.07, 6.45) is 1.68. The highest BCUT2D eigenvalue weighted by Crippen LogP contribution is 2.35. The summed E-state index contributed by atoms with van der Waals surface area (Å²) < 4.78 is 17.9. The lowest BCUT2D eigenvalue weighted by molar-refractivity contribution is -0.129. The van der Waals surface area contributed by atoms with Gasteiger partial charge in [-0.2, -0.15) is 0 Å². The molecule has 1 aliphatic heterocycles. The van der Waals surface area contributed by atoms with E-state index < -0.39 is 5.97 Å². The molecule has 1 aliphatic rings. The van der Waals surface area contributed by atoms with E-state index >= 15 is 0 Å². The Hall–Kier alpha value is -3.62. The van der Waals surface area contributed by atoms with Crippen molar-refractivity contribution in [1.82, 2.24) is 0 Å². The predicted molar refractivity (Wildman–Crippen MR) is 154 cm³/mol. The average Bonchev–Trinajstić information content (AvgIpc) is 3.29. The van der Waals surface area contributed by atoms with E-state index in [4.69, 9.17) is 25.8 Å². The van der Waals surface area contributed by atoms with Crippen molar-refractivity contribution < 1.29 is 19.0 Å². The Bertz CT molecular complexity index is 1500. The molecule has 0 radical (unpaired) electrons. The molecule has 0 fully saturated rings. The summed E-state index contributed by atoms with van der Waals surface area (Å²) in [4.78, 5) is 17.0. The number of rotatable bonds is 7. The van der Waals surface area contributed by atoms with E-state index in [0.29, 0.717) is 23.1 Å². The standard InChI is InChI=1S/C30H21ClINO4/c1-35-27-17-20(15-25(32)28(27)36-18-19-7-13-24(31)14-8-19)16-26-30(34)37-29(33-26)23-11-9-22(10-12-23)21-5-3-2-4-6-21/h2-17H,18H2,1H3/b26-16-. The smallest absolute Gasteiger partial charge is 0.363 e. The van der Waals surface area contributed by atoms with Crippen LogP contribution >= 0.6 is 34.2 Å². The zero-order valence-electron chi connectivity index (χ0n) is 19.8. The third-order valence-electron chi connectivity index (χ3n) is 5.71. The molecule has 37 heavy (non-hydrogen) atoms. The summed E-state index contributed by atoms with van der Waals surface area (Å²) in [6.45, 7) is 0.368. The van der Waals surface area contributed by atoms with Crippen LogP contribution in [0.4, 0.5) is 0 Å². The molecular formula is C30H21ClINO4. The molecular weight excluding hydrogens is 601 g/mol. The van der Waals surface area contributed by atoms with Crippen molar-refractivity contribution in [3.05, 3.63) is 122 Å². The number of carbonyl (C=O) groups is 1. The van der Waals surface area contributed by atoms with E-state index in [9.17, 15) is 4.79 Å². The summed E-state index contributed by atoms with van der Waals surface area (Å²) in [5.74, 6) is 0.955. The fraction of sp³-hybridized carbons (Fsp3) is 0.0667. The maximum Gasteiger partial charge on any atom is 0.363 e. The summed E-state index contributed by atoms with van der Waals surface area (Å²) >= 11 is 8.15. The van der Waals surface area contributed by atoms with Gasteiger partial charge in [0.2, 0.25) is 5.90 Å². The van der Waals surface area contributed by atoms with Crippen LogP contribution in [0.3, 0.4) is 0 Å². The minimum absolute atomic E-state index is 0.217. The molecule has 0 saturated heterocycles. The molecule has 0 bridgehead atoms. The second-order valence-electron chi connectivity index (χ2n) is 8.23. The SMILES string of the molecule is COc1cc(/C=C2\N=C(c3ccc(-c4ccccc4)cc3)OC2=O)cc(I)c1OCc1ccc(Cl)cc1. The summed E-state index contributed by atoms with van der Waals surface area (Å²) in [5, 5.41) is 0.675. The first-order valence-electron chi connectivity index (χ1n) is 11.4. The third-order valence-corrected chi connectivity index (χ3v) is 6.76. The first-order chi connectivity index (χ1) is 18.0. The minimum Gasteiger partial charge on any atom is -0.493 e. The van der Waals surface area contributed by atoms with Crippen molar-refractivity contribution in [2.75, 3.05) is 7.11 Å². The van der Waals surface area contributed by atoms with Crippen LogP contribution in [0.15, 0.2) is 102 Å². The molecule has 0 atom stereocenters. The van der Waals surface area contributed by atoms with Crippen molar-refractivity contribution in [3.8, 4) is 22.6 Å². The topological polar surface area (TPSA) is 57.1 Å². The zero-order valence-corrected chi connectivity index (χ0v) is 22.7. The van der Waals surface area contributed by atoms with Crippen LogP contribution < -0.4 is 9.47 Å². The van der Waals surface area contributed by atoms with Crippen LogP contribution in [-0.4, -0.2) is 19.0 Å². The van der Waals surface area contributed by atoms with Gasteiger partial charge in [0.25, 0.3) is 0 Å². The number of nitrogens with zero attached hydrogens (tertiary/aromatic N) is 1. The Kier molecular flexibility index (Phi) is 7.58. The number of hydrogen-bond donors (Lipinski definition) is 0. The summed E-state index contributed by atoms with van der Waals surface area (Å²) in [7, 11) is 1.58. The molecule has 0 aromatic heterocycles. The summed E-state index contributed by atoms with van der Waals surface area (Å²) in [5.41, 5.74) is 4.87. The maximum atomic E-state index is 12.6. The van der Waals surface area contributed by atoms with Gasteiger partial charge in [-0.15, -0.1) is 0 Å². The van der Waals surface area contributed by atoms with Crippen molar-refractivity contribution in [3.63, 3.8) is 0 Å². The maximum absolute atomic E-state index is 12.6. The monoisotopic (exact) mass is 621 g/mol. The van der Waals surface area contributed by atoms with Gasteiger partial charge in [-0.1, -0.05) is 66.2 Å². The molecule has 4 aromatic rings. The largest absolute Gasteiger partial charge is 0.493 e. The number of halogens is 2. The van der Waals surface area contributed by atoms with E-state index in [0.717, 1.165) is 31.4 Å². The molecule has 0 N–H and O–H groups in total. The molecule has 1 heterocycles. The summed E-state index contributed by atoms with van der Waals surface area (Å²) in [6, 6.07) is 29.0. The van der Waals surface area contributed by atoms with Crippen LogP contribution in [-0.2, 0) is 16.1 Å². The third kappa shape index (κ3) is 5.87. The number of methoxy groups -OCH3 is 1. The number of aliphatic imine (C=N–C) groups is 1. The number of cyclic esters (lactones) is 1. The molecule has 0 saturated carbocycles. The normalized spacial score (nSPS) is 13.9. The van der Waals surface area contributed by atoms with Crippen molar-refractivity contribution in [2.45, 2.75) is 6.61 Å². The molecule has 0 amide bonds. The van der Waals surface area contributed by atoms with E-state index in [1.165, 1.54) is 0 Å². The Morgan fingerprint density at radius 2 is 1.59 bits per heavy atom. The molecule has 7 heteroatoms. The fourth-order valence-corrected chi connectivity index (χ4v) is 4.73. The van der Waals surface area contributed by atoms with Crippen molar-refractivity contribution in [1.29, 1.82) is 0 Å². The predicted octanol–water partition coefficient (Wildman–Crippen LogP) is 7.54. The van der Waals surface area contributed by atoms with E-state index in [1.807, 2.05) is 91.0 Å². The van der Waals surface area contributed by atoms with Crippen LogP contribution in [0.25, 0.3) is 17.2 Å². The van der Waals surface area contributed by atoms with Gasteiger partial charge in [0.15, 0.2) is 17.2 Å². The van der Waals surface area contributed by atoms with Gasteiger partial charge in [0.1, 0.15) is 6.61 Å². The van der Waals surface area contributed by atoms with Gasteiger partial charge in [-0.05, 0) is 87.3 Å². The van der Waals surface area contributed by atoms with Crippen LogP contribution in [0.2, 0.25) is 5.02 Å². The molecule has 5 nitrogen and oxygen atoms in total. The molecule has 0 spiro atoms. The number of carbonyl (C=O) groups excluding carboxylic acids is 1. The number of ether oxygens (including phenoxy) is 3. The molecule has 0 unspecified atom stereocenters. The number of benzene rings is 4. The highest BCUT2D eigenvalue weighted by Gasteiger charge is 2.24. The molecule has 184 valence electrons. The fourth-order valence-electron chi connectivity index (χ4n) is 3.83. The number of esters is 1. The highest BCUT2D eigenvalue weighted by atomic mass is 127. The van der Waals surface area contributed by atoms with Gasteiger partial charge in [0, 0.05) is 10.6 Å². The lowest BCUT2D eigenvalue weighted by Gasteiger charge is -2.14. The zero-order chi connectivity index (χ0) is 25.8. The molecule has 0 aliphatic carbocycles. The van der Waals surface area contributed by atoms with E-state index in [-0.39, 0.29) is 11.6 Å². The lowest BCUT2D eigenvalue weighted by Crippen LogP contribution is -2.05. The van der Waals surface area contributed by atoms with Crippen LogP contribution in [0.1, 0.15) is 16.7 Å².